The summed E-state index contributed by atoms with van der Waals surface area (Å²) in [6, 6.07) is 10.5. The Balaban J connectivity index is 1.65. The van der Waals surface area contributed by atoms with Crippen molar-refractivity contribution in [2.24, 2.45) is 0 Å². The van der Waals surface area contributed by atoms with E-state index in [-0.39, 0.29) is 12.1 Å². The van der Waals surface area contributed by atoms with Crippen molar-refractivity contribution in [1.29, 1.82) is 0 Å². The maximum atomic E-state index is 12.5. The molecule has 0 bridgehead atoms. The van der Waals surface area contributed by atoms with Gasteiger partial charge in [-0.3, -0.25) is 4.90 Å². The molecule has 1 atom stereocenters. The van der Waals surface area contributed by atoms with E-state index in [9.17, 15) is 4.79 Å². The van der Waals surface area contributed by atoms with Crippen LogP contribution in [0.25, 0.3) is 0 Å². The highest BCUT2D eigenvalue weighted by atomic mass is 16.2. The lowest BCUT2D eigenvalue weighted by Crippen LogP contribution is -2.49. The van der Waals surface area contributed by atoms with E-state index in [2.05, 4.69) is 34.3 Å². The molecule has 2 heterocycles. The van der Waals surface area contributed by atoms with Crippen molar-refractivity contribution in [2.75, 3.05) is 52.9 Å². The molecular weight excluding hydrogens is 288 g/mol. The minimum atomic E-state index is 0.0627. The monoisotopic (exact) mass is 316 g/mol. The van der Waals surface area contributed by atoms with Crippen LogP contribution in [0.2, 0.25) is 0 Å². The van der Waals surface area contributed by atoms with Gasteiger partial charge < -0.3 is 15.1 Å². The van der Waals surface area contributed by atoms with Gasteiger partial charge >= 0.3 is 6.03 Å². The average Bonchev–Trinajstić information content (AvgIpc) is 3.12. The zero-order valence-electron chi connectivity index (χ0n) is 14.1. The van der Waals surface area contributed by atoms with Crippen LogP contribution in [0.5, 0.6) is 0 Å². The zero-order chi connectivity index (χ0) is 16.1. The number of nitrogens with zero attached hydrogens (tertiary/aromatic N) is 3. The molecule has 1 N–H and O–H groups in total. The highest BCUT2D eigenvalue weighted by Gasteiger charge is 2.24. The first kappa shape index (κ1) is 16.3. The molecular formula is C18H28N4O. The minimum Gasteiger partial charge on any atom is -0.330 e. The van der Waals surface area contributed by atoms with Gasteiger partial charge in [0.25, 0.3) is 0 Å². The second-order valence-electron chi connectivity index (χ2n) is 6.71. The van der Waals surface area contributed by atoms with Crippen molar-refractivity contribution in [2.45, 2.75) is 18.9 Å². The Hall–Kier alpha value is -1.59. The van der Waals surface area contributed by atoms with Crippen LogP contribution in [0, 0.1) is 0 Å². The fourth-order valence-electron chi connectivity index (χ4n) is 3.37. The first-order valence-corrected chi connectivity index (χ1v) is 8.73. The van der Waals surface area contributed by atoms with Crippen molar-refractivity contribution >= 4 is 6.03 Å². The van der Waals surface area contributed by atoms with Gasteiger partial charge in [-0.15, -0.1) is 0 Å². The first-order chi connectivity index (χ1) is 11.2. The van der Waals surface area contributed by atoms with Crippen molar-refractivity contribution in [1.82, 2.24) is 20.0 Å². The smallest absolute Gasteiger partial charge is 0.317 e. The molecule has 1 aromatic carbocycles. The number of likely N-dealkylation sites (N-methyl/N-ethyl adjacent to an activating group) is 1. The average molecular weight is 316 g/mol. The van der Waals surface area contributed by atoms with E-state index in [0.29, 0.717) is 0 Å². The number of carbonyl (C=O) groups is 1. The van der Waals surface area contributed by atoms with E-state index < -0.39 is 0 Å². The largest absolute Gasteiger partial charge is 0.330 e. The summed E-state index contributed by atoms with van der Waals surface area (Å²) in [6.07, 6.45) is 2.25. The molecule has 0 aromatic heterocycles. The Morgan fingerprint density at radius 2 is 1.70 bits per heavy atom. The summed E-state index contributed by atoms with van der Waals surface area (Å²) in [4.78, 5) is 19.3. The van der Waals surface area contributed by atoms with E-state index in [1.165, 1.54) is 5.56 Å². The molecule has 5 heteroatoms. The summed E-state index contributed by atoms with van der Waals surface area (Å²) in [6.45, 7) is 7.00. The molecule has 2 aliphatic heterocycles. The number of amides is 2. The van der Waals surface area contributed by atoms with Crippen LogP contribution in [-0.2, 0) is 0 Å². The summed E-state index contributed by atoms with van der Waals surface area (Å²) < 4.78 is 0. The van der Waals surface area contributed by atoms with Crippen molar-refractivity contribution in [3.63, 3.8) is 0 Å². The van der Waals surface area contributed by atoms with Gasteiger partial charge in [-0.25, -0.2) is 4.79 Å². The number of urea groups is 1. The van der Waals surface area contributed by atoms with Gasteiger partial charge in [0, 0.05) is 45.8 Å². The molecule has 2 amide bonds. The third kappa shape index (κ3) is 4.45. The zero-order valence-corrected chi connectivity index (χ0v) is 14.1. The second-order valence-corrected chi connectivity index (χ2v) is 6.71. The second kappa shape index (κ2) is 7.79. The predicted octanol–water partition coefficient (Wildman–Crippen LogP) is 1.78. The SMILES string of the molecule is CN1CCN(C[C@H](NC(=O)N2CCCC2)c2ccccc2)CC1. The quantitative estimate of drug-likeness (QED) is 0.920. The number of benzene rings is 1. The molecule has 0 aliphatic carbocycles. The normalized spacial score (nSPS) is 21.3. The number of likely N-dealkylation sites (tertiary alicyclic amines) is 1. The van der Waals surface area contributed by atoms with E-state index >= 15 is 0 Å². The molecule has 23 heavy (non-hydrogen) atoms. The highest BCUT2D eigenvalue weighted by molar-refractivity contribution is 5.75. The number of hydrogen-bond donors (Lipinski definition) is 1. The molecule has 0 spiro atoms. The molecule has 0 radical (unpaired) electrons. The summed E-state index contributed by atoms with van der Waals surface area (Å²) in [5.41, 5.74) is 1.19. The number of hydrogen-bond acceptors (Lipinski definition) is 3. The topological polar surface area (TPSA) is 38.8 Å². The van der Waals surface area contributed by atoms with Crippen LogP contribution < -0.4 is 5.32 Å². The van der Waals surface area contributed by atoms with Crippen LogP contribution in [0.15, 0.2) is 30.3 Å². The molecule has 5 nitrogen and oxygen atoms in total. The summed E-state index contributed by atoms with van der Waals surface area (Å²) in [7, 11) is 2.17. The maximum Gasteiger partial charge on any atom is 0.317 e. The summed E-state index contributed by atoms with van der Waals surface area (Å²) in [5, 5.41) is 3.27. The summed E-state index contributed by atoms with van der Waals surface area (Å²) >= 11 is 0. The number of piperazine rings is 1. The van der Waals surface area contributed by atoms with Gasteiger partial charge in [0.2, 0.25) is 0 Å². The molecule has 0 unspecified atom stereocenters. The number of nitrogens with one attached hydrogen (secondary N) is 1. The fourth-order valence-corrected chi connectivity index (χ4v) is 3.37. The van der Waals surface area contributed by atoms with E-state index in [1.807, 2.05) is 23.1 Å². The lowest BCUT2D eigenvalue weighted by molar-refractivity contribution is 0.140. The third-order valence-corrected chi connectivity index (χ3v) is 4.93. The van der Waals surface area contributed by atoms with Crippen LogP contribution in [0.1, 0.15) is 24.4 Å². The Bertz CT molecular complexity index is 493. The van der Waals surface area contributed by atoms with Crippen LogP contribution >= 0.6 is 0 Å². The maximum absolute atomic E-state index is 12.5. The van der Waals surface area contributed by atoms with Crippen LogP contribution in [-0.4, -0.2) is 73.6 Å². The van der Waals surface area contributed by atoms with Crippen molar-refractivity contribution in [3.8, 4) is 0 Å². The van der Waals surface area contributed by atoms with E-state index in [1.54, 1.807) is 0 Å². The Kier molecular flexibility index (Phi) is 5.51. The summed E-state index contributed by atoms with van der Waals surface area (Å²) in [5.74, 6) is 0. The molecule has 3 rings (SSSR count). The number of carbonyl (C=O) groups excluding carboxylic acids is 1. The predicted molar refractivity (Wildman–Crippen MR) is 92.5 cm³/mol. The van der Waals surface area contributed by atoms with Gasteiger partial charge in [0.1, 0.15) is 0 Å². The van der Waals surface area contributed by atoms with E-state index in [0.717, 1.165) is 58.7 Å². The van der Waals surface area contributed by atoms with Gasteiger partial charge in [-0.2, -0.15) is 0 Å². The van der Waals surface area contributed by atoms with Gasteiger partial charge in [-0.05, 0) is 25.5 Å². The molecule has 126 valence electrons. The third-order valence-electron chi connectivity index (χ3n) is 4.93. The van der Waals surface area contributed by atoms with Gasteiger partial charge in [0.15, 0.2) is 0 Å². The van der Waals surface area contributed by atoms with Crippen molar-refractivity contribution < 1.29 is 4.79 Å². The lowest BCUT2D eigenvalue weighted by Gasteiger charge is -2.35. The van der Waals surface area contributed by atoms with Crippen molar-refractivity contribution in [3.05, 3.63) is 35.9 Å². The highest BCUT2D eigenvalue weighted by Crippen LogP contribution is 2.17. The molecule has 2 aliphatic rings. The molecule has 1 aromatic rings. The Morgan fingerprint density at radius 1 is 1.04 bits per heavy atom. The Morgan fingerprint density at radius 3 is 2.35 bits per heavy atom. The Labute approximate surface area is 139 Å². The van der Waals surface area contributed by atoms with Gasteiger partial charge in [-0.1, -0.05) is 30.3 Å². The molecule has 2 saturated heterocycles. The number of rotatable bonds is 4. The first-order valence-electron chi connectivity index (χ1n) is 8.73. The fraction of sp³-hybridized carbons (Fsp3) is 0.611. The standard InChI is InChI=1S/C18H28N4O/c1-20-11-13-21(14-12-20)15-17(16-7-3-2-4-8-16)19-18(23)22-9-5-6-10-22/h2-4,7-8,17H,5-6,9-15H2,1H3,(H,19,23)/t17-/m0/s1. The van der Waals surface area contributed by atoms with E-state index in [4.69, 9.17) is 0 Å². The minimum absolute atomic E-state index is 0.0627. The molecule has 2 fully saturated rings. The van der Waals surface area contributed by atoms with Crippen LogP contribution in [0.3, 0.4) is 0 Å². The lowest BCUT2D eigenvalue weighted by atomic mass is 10.1. The molecule has 0 saturated carbocycles. The van der Waals surface area contributed by atoms with Crippen LogP contribution in [0.4, 0.5) is 4.79 Å². The van der Waals surface area contributed by atoms with Gasteiger partial charge in [0.05, 0.1) is 6.04 Å².